The van der Waals surface area contributed by atoms with Crippen molar-refractivity contribution >= 4 is 12.3 Å². The molecule has 1 fully saturated rings. The summed E-state index contributed by atoms with van der Waals surface area (Å²) in [4.78, 5) is 11.0. The van der Waals surface area contributed by atoms with Gasteiger partial charge in [-0.1, -0.05) is 0 Å². The first kappa shape index (κ1) is 11.7. The molecule has 0 aromatic carbocycles. The Morgan fingerprint density at radius 1 is 1.62 bits per heavy atom. The fourth-order valence-corrected chi connectivity index (χ4v) is 0.787. The SMILES string of the molecule is CC(=O)O.NN=CN1CCOCC1. The molecular formula is C7H15N3O3. The third-order valence-corrected chi connectivity index (χ3v) is 1.28. The van der Waals surface area contributed by atoms with E-state index in [4.69, 9.17) is 20.5 Å². The van der Waals surface area contributed by atoms with Crippen LogP contribution in [0.25, 0.3) is 0 Å². The minimum Gasteiger partial charge on any atom is -0.481 e. The molecule has 0 amide bonds. The van der Waals surface area contributed by atoms with E-state index in [2.05, 4.69) is 5.10 Å². The lowest BCUT2D eigenvalue weighted by molar-refractivity contribution is -0.134. The number of nitrogens with zero attached hydrogens (tertiary/aromatic N) is 2. The second-order valence-corrected chi connectivity index (χ2v) is 2.43. The third kappa shape index (κ3) is 8.61. The number of rotatable bonds is 1. The number of ether oxygens (including phenoxy) is 1. The van der Waals surface area contributed by atoms with Crippen LogP contribution in [0, 0.1) is 0 Å². The second kappa shape index (κ2) is 7.35. The van der Waals surface area contributed by atoms with Gasteiger partial charge in [-0.25, -0.2) is 0 Å². The summed E-state index contributed by atoms with van der Waals surface area (Å²) in [5.41, 5.74) is 0. The summed E-state index contributed by atoms with van der Waals surface area (Å²) in [7, 11) is 0. The van der Waals surface area contributed by atoms with Crippen LogP contribution < -0.4 is 5.84 Å². The normalized spacial score (nSPS) is 16.5. The van der Waals surface area contributed by atoms with Crippen molar-refractivity contribution in [2.24, 2.45) is 10.9 Å². The van der Waals surface area contributed by atoms with Crippen molar-refractivity contribution in [2.75, 3.05) is 26.3 Å². The van der Waals surface area contributed by atoms with Crippen molar-refractivity contribution in [1.82, 2.24) is 4.90 Å². The average Bonchev–Trinajstić information content (AvgIpc) is 2.06. The molecule has 1 aliphatic rings. The number of morpholine rings is 1. The molecule has 0 aliphatic carbocycles. The van der Waals surface area contributed by atoms with Crippen molar-refractivity contribution in [3.63, 3.8) is 0 Å². The molecular weight excluding hydrogens is 174 g/mol. The van der Waals surface area contributed by atoms with E-state index >= 15 is 0 Å². The Kier molecular flexibility index (Phi) is 6.62. The first-order valence-electron chi connectivity index (χ1n) is 3.91. The van der Waals surface area contributed by atoms with Crippen LogP contribution in [0.15, 0.2) is 5.10 Å². The van der Waals surface area contributed by atoms with Crippen LogP contribution in [0.3, 0.4) is 0 Å². The van der Waals surface area contributed by atoms with E-state index in [1.165, 1.54) is 0 Å². The summed E-state index contributed by atoms with van der Waals surface area (Å²) in [6.45, 7) is 4.46. The maximum Gasteiger partial charge on any atom is 0.300 e. The highest BCUT2D eigenvalue weighted by Crippen LogP contribution is 1.91. The maximum atomic E-state index is 9.00. The molecule has 3 N–H and O–H groups in total. The van der Waals surface area contributed by atoms with Gasteiger partial charge in [0, 0.05) is 20.0 Å². The van der Waals surface area contributed by atoms with Crippen LogP contribution in [0.5, 0.6) is 0 Å². The van der Waals surface area contributed by atoms with E-state index in [1.807, 2.05) is 4.90 Å². The molecule has 0 spiro atoms. The van der Waals surface area contributed by atoms with E-state index < -0.39 is 5.97 Å². The predicted molar refractivity (Wildman–Crippen MR) is 48.4 cm³/mol. The number of hydrazone groups is 1. The van der Waals surface area contributed by atoms with Gasteiger partial charge in [0.25, 0.3) is 5.97 Å². The van der Waals surface area contributed by atoms with Gasteiger partial charge in [-0.05, 0) is 0 Å². The third-order valence-electron chi connectivity index (χ3n) is 1.28. The van der Waals surface area contributed by atoms with Gasteiger partial charge < -0.3 is 20.6 Å². The molecule has 1 saturated heterocycles. The fraction of sp³-hybridized carbons (Fsp3) is 0.714. The highest BCUT2D eigenvalue weighted by atomic mass is 16.5. The smallest absolute Gasteiger partial charge is 0.300 e. The quantitative estimate of drug-likeness (QED) is 0.247. The molecule has 0 radical (unpaired) electrons. The molecule has 76 valence electrons. The summed E-state index contributed by atoms with van der Waals surface area (Å²) < 4.78 is 5.10. The van der Waals surface area contributed by atoms with Gasteiger partial charge in [-0.2, -0.15) is 5.10 Å². The molecule has 0 atom stereocenters. The van der Waals surface area contributed by atoms with Crippen molar-refractivity contribution in [3.8, 4) is 0 Å². The van der Waals surface area contributed by atoms with Gasteiger partial charge in [0.15, 0.2) is 0 Å². The van der Waals surface area contributed by atoms with Crippen LogP contribution >= 0.6 is 0 Å². The van der Waals surface area contributed by atoms with E-state index in [-0.39, 0.29) is 0 Å². The molecule has 13 heavy (non-hydrogen) atoms. The number of nitrogens with two attached hydrogens (primary N) is 1. The topological polar surface area (TPSA) is 88.1 Å². The zero-order valence-electron chi connectivity index (χ0n) is 7.64. The van der Waals surface area contributed by atoms with Crippen LogP contribution in [0.2, 0.25) is 0 Å². The summed E-state index contributed by atoms with van der Waals surface area (Å²) in [6, 6.07) is 0. The van der Waals surface area contributed by atoms with Crippen molar-refractivity contribution in [3.05, 3.63) is 0 Å². The summed E-state index contributed by atoms with van der Waals surface area (Å²) >= 11 is 0. The van der Waals surface area contributed by atoms with Crippen LogP contribution in [0.4, 0.5) is 0 Å². The Hall–Kier alpha value is -1.30. The zero-order chi connectivity index (χ0) is 10.1. The lowest BCUT2D eigenvalue weighted by Crippen LogP contribution is -2.35. The monoisotopic (exact) mass is 189 g/mol. The Morgan fingerprint density at radius 3 is 2.46 bits per heavy atom. The van der Waals surface area contributed by atoms with Crippen LogP contribution in [0.1, 0.15) is 6.92 Å². The predicted octanol–water partition coefficient (Wildman–Crippen LogP) is -0.688. The van der Waals surface area contributed by atoms with Gasteiger partial charge >= 0.3 is 0 Å². The zero-order valence-corrected chi connectivity index (χ0v) is 7.64. The minimum atomic E-state index is -0.833. The molecule has 0 unspecified atom stereocenters. The van der Waals surface area contributed by atoms with Gasteiger partial charge in [0.2, 0.25) is 0 Å². The van der Waals surface area contributed by atoms with Gasteiger partial charge in [0.05, 0.1) is 13.2 Å². The Morgan fingerprint density at radius 2 is 2.08 bits per heavy atom. The van der Waals surface area contributed by atoms with Gasteiger partial charge in [0.1, 0.15) is 6.34 Å². The van der Waals surface area contributed by atoms with E-state index in [1.54, 1.807) is 6.34 Å². The van der Waals surface area contributed by atoms with Crippen molar-refractivity contribution in [1.29, 1.82) is 0 Å². The highest BCUT2D eigenvalue weighted by molar-refractivity contribution is 5.62. The fourth-order valence-electron chi connectivity index (χ4n) is 0.787. The Labute approximate surface area is 77.0 Å². The highest BCUT2D eigenvalue weighted by Gasteiger charge is 2.04. The molecule has 1 rings (SSSR count). The molecule has 1 aliphatic heterocycles. The Bertz CT molecular complexity index is 162. The maximum absolute atomic E-state index is 9.00. The first-order valence-corrected chi connectivity index (χ1v) is 3.91. The van der Waals surface area contributed by atoms with Crippen LogP contribution in [-0.4, -0.2) is 48.6 Å². The molecule has 0 aromatic heterocycles. The molecule has 1 heterocycles. The van der Waals surface area contributed by atoms with Crippen LogP contribution in [-0.2, 0) is 9.53 Å². The average molecular weight is 189 g/mol. The van der Waals surface area contributed by atoms with Gasteiger partial charge in [-0.15, -0.1) is 0 Å². The summed E-state index contributed by atoms with van der Waals surface area (Å²) in [5.74, 6) is 4.11. The molecule has 0 bridgehead atoms. The first-order chi connectivity index (χ1) is 6.16. The largest absolute Gasteiger partial charge is 0.481 e. The van der Waals surface area contributed by atoms with E-state index in [0.717, 1.165) is 33.2 Å². The number of aliphatic carboxylic acids is 1. The molecule has 6 nitrogen and oxygen atoms in total. The van der Waals surface area contributed by atoms with Crippen molar-refractivity contribution in [2.45, 2.75) is 6.92 Å². The standard InChI is InChI=1S/C5H11N3O.C2H4O2/c6-7-5-8-1-3-9-4-2-8;1-2(3)4/h5H,1-4,6H2;1H3,(H,3,4). The van der Waals surface area contributed by atoms with E-state index in [0.29, 0.717) is 0 Å². The molecule has 0 saturated carbocycles. The number of carbonyl (C=O) groups is 1. The number of hydrogen-bond acceptors (Lipinski definition) is 4. The second-order valence-electron chi connectivity index (χ2n) is 2.43. The van der Waals surface area contributed by atoms with E-state index in [9.17, 15) is 0 Å². The summed E-state index contributed by atoms with van der Waals surface area (Å²) in [6.07, 6.45) is 1.64. The van der Waals surface area contributed by atoms with Gasteiger partial charge in [-0.3, -0.25) is 4.79 Å². The molecule has 6 heteroatoms. The summed E-state index contributed by atoms with van der Waals surface area (Å²) in [5, 5.41) is 10.8. The Balaban J connectivity index is 0.000000310. The number of hydrogen-bond donors (Lipinski definition) is 2. The number of carboxylic acid groups (broad SMARTS) is 1. The minimum absolute atomic E-state index is 0.784. The lowest BCUT2D eigenvalue weighted by Gasteiger charge is -2.23. The lowest BCUT2D eigenvalue weighted by atomic mass is 10.5. The number of carboxylic acids is 1. The molecule has 0 aromatic rings. The van der Waals surface area contributed by atoms with Crippen molar-refractivity contribution < 1.29 is 14.6 Å².